The first-order valence-electron chi connectivity index (χ1n) is 5.23. The van der Waals surface area contributed by atoms with E-state index >= 15 is 0 Å². The molecule has 16 heavy (non-hydrogen) atoms. The van der Waals surface area contributed by atoms with E-state index in [0.29, 0.717) is 0 Å². The third kappa shape index (κ3) is 3.02. The van der Waals surface area contributed by atoms with Crippen LogP contribution in [0.3, 0.4) is 0 Å². The summed E-state index contributed by atoms with van der Waals surface area (Å²) < 4.78 is 0. The Kier molecular flexibility index (Phi) is 4.89. The second kappa shape index (κ2) is 5.75. The first-order chi connectivity index (χ1) is 7.16. The number of rotatable bonds is 1. The van der Waals surface area contributed by atoms with E-state index in [2.05, 4.69) is 63.2 Å². The van der Waals surface area contributed by atoms with Gasteiger partial charge >= 0.3 is 32.7 Å². The number of aryl methyl sites for hydroxylation is 3. The molecule has 0 heterocycles. The molecule has 0 aromatic heterocycles. The summed E-state index contributed by atoms with van der Waals surface area (Å²) in [4.78, 5) is 0. The molecule has 0 radical (unpaired) electrons. The minimum atomic E-state index is 0. The van der Waals surface area contributed by atoms with E-state index in [1.807, 2.05) is 0 Å². The Morgan fingerprint density at radius 1 is 0.875 bits per heavy atom. The molecule has 1 heteroatoms. The van der Waals surface area contributed by atoms with Crippen molar-refractivity contribution in [2.75, 3.05) is 0 Å². The summed E-state index contributed by atoms with van der Waals surface area (Å²) in [5.74, 6) is 0. The van der Waals surface area contributed by atoms with Crippen molar-refractivity contribution in [3.8, 4) is 11.1 Å². The van der Waals surface area contributed by atoms with Crippen molar-refractivity contribution in [1.29, 1.82) is 0 Å². The second-order valence-corrected chi connectivity index (χ2v) is 4.06. The summed E-state index contributed by atoms with van der Waals surface area (Å²) in [6.45, 7) is 6.33. The minimum absolute atomic E-state index is 0. The maximum absolute atomic E-state index is 3.28. The first kappa shape index (κ1) is 13.6. The average Bonchev–Trinajstić information content (AvgIpc) is 2.23. The van der Waals surface area contributed by atoms with Gasteiger partial charge in [0.1, 0.15) is 0 Å². The molecule has 0 nitrogen and oxygen atoms in total. The van der Waals surface area contributed by atoms with Crippen LogP contribution in [0.5, 0.6) is 0 Å². The van der Waals surface area contributed by atoms with E-state index in [1.165, 1.54) is 27.8 Å². The second-order valence-electron chi connectivity index (χ2n) is 4.06. The van der Waals surface area contributed by atoms with Crippen LogP contribution in [0.2, 0.25) is 0 Å². The molecular weight excluding hydrogens is 269 g/mol. The van der Waals surface area contributed by atoms with Crippen molar-refractivity contribution in [3.63, 3.8) is 0 Å². The number of hydrogen-bond donors (Lipinski definition) is 0. The molecular formula is C15H15Y+2. The van der Waals surface area contributed by atoms with Gasteiger partial charge in [0.05, 0.1) is 0 Å². The molecule has 2 rings (SSSR count). The molecule has 2 aromatic rings. The maximum Gasteiger partial charge on any atom is 3.00 e. The number of benzene rings is 2. The molecule has 0 bridgehead atoms. The summed E-state index contributed by atoms with van der Waals surface area (Å²) >= 11 is 0. The largest absolute Gasteiger partial charge is 3.00 e. The van der Waals surface area contributed by atoms with Gasteiger partial charge in [-0.15, -0.1) is 5.56 Å². The van der Waals surface area contributed by atoms with Crippen molar-refractivity contribution in [2.45, 2.75) is 20.8 Å². The van der Waals surface area contributed by atoms with Crippen LogP contribution < -0.4 is 0 Å². The van der Waals surface area contributed by atoms with Gasteiger partial charge in [-0.2, -0.15) is 29.3 Å². The molecule has 76 valence electrons. The predicted octanol–water partition coefficient (Wildman–Crippen LogP) is 4.08. The smallest absolute Gasteiger partial charge is 0.180 e. The van der Waals surface area contributed by atoms with Crippen molar-refractivity contribution in [2.24, 2.45) is 0 Å². The molecule has 0 N–H and O–H groups in total. The fraction of sp³-hybridized carbons (Fsp3) is 0.200. The normalized spacial score (nSPS) is 9.69. The van der Waals surface area contributed by atoms with Gasteiger partial charge in [-0.1, -0.05) is 49.2 Å². The fourth-order valence-electron chi connectivity index (χ4n) is 1.60. The van der Waals surface area contributed by atoms with Gasteiger partial charge in [-0.05, 0) is 6.92 Å². The maximum atomic E-state index is 3.28. The van der Waals surface area contributed by atoms with E-state index in [4.69, 9.17) is 0 Å². The zero-order valence-electron chi connectivity index (χ0n) is 10.0. The molecule has 2 aromatic carbocycles. The van der Waals surface area contributed by atoms with E-state index in [1.54, 1.807) is 0 Å². The van der Waals surface area contributed by atoms with Crippen LogP contribution in [-0.4, -0.2) is 0 Å². The monoisotopic (exact) mass is 284 g/mol. The van der Waals surface area contributed by atoms with Crippen molar-refractivity contribution in [1.82, 2.24) is 0 Å². The van der Waals surface area contributed by atoms with Gasteiger partial charge in [0, 0.05) is 0 Å². The minimum Gasteiger partial charge on any atom is -0.180 e. The molecule has 0 spiro atoms. The summed E-state index contributed by atoms with van der Waals surface area (Å²) in [5.41, 5.74) is 6.34. The Balaban J connectivity index is 0.00000128. The van der Waals surface area contributed by atoms with E-state index in [-0.39, 0.29) is 32.7 Å². The van der Waals surface area contributed by atoms with Gasteiger partial charge in [-0.25, -0.2) is 0 Å². The molecule has 0 atom stereocenters. The van der Waals surface area contributed by atoms with Crippen LogP contribution in [0.1, 0.15) is 16.7 Å². The summed E-state index contributed by atoms with van der Waals surface area (Å²) in [6.07, 6.45) is 0. The SMILES string of the molecule is Cc1ccc(-c2c[c-]c(C)c(C)c2)cc1.[Y+3]. The van der Waals surface area contributed by atoms with Gasteiger partial charge in [0.15, 0.2) is 0 Å². The molecule has 0 aliphatic carbocycles. The van der Waals surface area contributed by atoms with Crippen LogP contribution in [0.15, 0.2) is 36.4 Å². The van der Waals surface area contributed by atoms with Crippen molar-refractivity contribution < 1.29 is 32.7 Å². The quantitative estimate of drug-likeness (QED) is 0.692. The Morgan fingerprint density at radius 2 is 1.50 bits per heavy atom. The van der Waals surface area contributed by atoms with Gasteiger partial charge in [0.25, 0.3) is 0 Å². The van der Waals surface area contributed by atoms with Crippen LogP contribution in [0, 0.1) is 26.8 Å². The summed E-state index contributed by atoms with van der Waals surface area (Å²) in [5, 5.41) is 0. The zero-order valence-corrected chi connectivity index (χ0v) is 12.9. The average molecular weight is 284 g/mol. The zero-order chi connectivity index (χ0) is 10.8. The Morgan fingerprint density at radius 3 is 2.06 bits per heavy atom. The molecule has 0 saturated carbocycles. The van der Waals surface area contributed by atoms with Crippen LogP contribution in [0.25, 0.3) is 11.1 Å². The Bertz CT molecular complexity index is 469. The van der Waals surface area contributed by atoms with Crippen LogP contribution in [-0.2, 0) is 32.7 Å². The van der Waals surface area contributed by atoms with Gasteiger partial charge in [-0.3, -0.25) is 0 Å². The molecule has 0 aliphatic heterocycles. The van der Waals surface area contributed by atoms with E-state index < -0.39 is 0 Å². The molecule has 0 aliphatic rings. The first-order valence-corrected chi connectivity index (χ1v) is 5.23. The summed E-state index contributed by atoms with van der Waals surface area (Å²) in [7, 11) is 0. The molecule has 0 fully saturated rings. The van der Waals surface area contributed by atoms with Gasteiger partial charge in [0.2, 0.25) is 0 Å². The third-order valence-electron chi connectivity index (χ3n) is 2.79. The summed E-state index contributed by atoms with van der Waals surface area (Å²) in [6, 6.07) is 16.2. The third-order valence-corrected chi connectivity index (χ3v) is 2.79. The Labute approximate surface area is 123 Å². The number of hydrogen-bond acceptors (Lipinski definition) is 0. The van der Waals surface area contributed by atoms with Crippen molar-refractivity contribution in [3.05, 3.63) is 59.2 Å². The molecule has 0 saturated heterocycles. The van der Waals surface area contributed by atoms with E-state index in [0.717, 1.165) is 0 Å². The Hall–Kier alpha value is -0.456. The molecule has 0 unspecified atom stereocenters. The van der Waals surface area contributed by atoms with Crippen molar-refractivity contribution >= 4 is 0 Å². The van der Waals surface area contributed by atoms with E-state index in [9.17, 15) is 0 Å². The van der Waals surface area contributed by atoms with Crippen LogP contribution >= 0.6 is 0 Å². The molecule has 0 amide bonds. The van der Waals surface area contributed by atoms with Gasteiger partial charge < -0.3 is 0 Å². The van der Waals surface area contributed by atoms with Crippen LogP contribution in [0.4, 0.5) is 0 Å². The topological polar surface area (TPSA) is 0 Å². The predicted molar refractivity (Wildman–Crippen MR) is 64.9 cm³/mol. The fourth-order valence-corrected chi connectivity index (χ4v) is 1.60. The standard InChI is InChI=1S/C15H15.Y/c1-11-4-7-14(8-5-11)15-9-6-12(2)13(3)10-15;/h4-5,7-10H,1-3H3;/q-1;+3.